The molecule has 0 bridgehead atoms. The molecule has 0 saturated heterocycles. The minimum atomic E-state index is -0.288. The number of carbonyl (C=O) groups excluding carboxylic acids is 1. The molecule has 1 amide bonds. The van der Waals surface area contributed by atoms with E-state index in [1.807, 2.05) is 37.3 Å². The Labute approximate surface area is 145 Å². The Morgan fingerprint density at radius 3 is 2.96 bits per heavy atom. The van der Waals surface area contributed by atoms with Crippen molar-refractivity contribution in [2.75, 3.05) is 17.2 Å². The number of hydrogen-bond acceptors (Lipinski definition) is 3. The fourth-order valence-electron chi connectivity index (χ4n) is 3.39. The summed E-state index contributed by atoms with van der Waals surface area (Å²) >= 11 is 0. The molecule has 1 aliphatic heterocycles. The second kappa shape index (κ2) is 6.16. The highest BCUT2D eigenvalue weighted by Gasteiger charge is 2.24. The molecular formula is C20H18FN3O. The van der Waals surface area contributed by atoms with Crippen molar-refractivity contribution < 1.29 is 9.18 Å². The number of hydrogen-bond donors (Lipinski definition) is 2. The number of rotatable bonds is 3. The standard InChI is InChI=1S/C20H18FN3O/c1-12-8-19(16-10-14(21)6-7-18(16)23-12)22-11-13-9-20(25)24-17-5-3-2-4-15(13)17/h2-8,10,13H,9,11H2,1H3,(H,22,23)(H,24,25). The van der Waals surface area contributed by atoms with Gasteiger partial charge in [-0.3, -0.25) is 9.78 Å². The van der Waals surface area contributed by atoms with Gasteiger partial charge in [-0.2, -0.15) is 0 Å². The SMILES string of the molecule is Cc1cc(NCC2CC(=O)Nc3ccccc32)c2cc(F)ccc2n1. The van der Waals surface area contributed by atoms with Crippen molar-refractivity contribution in [2.45, 2.75) is 19.3 Å². The fourth-order valence-corrected chi connectivity index (χ4v) is 3.39. The normalized spacial score (nSPS) is 16.4. The van der Waals surface area contributed by atoms with Crippen LogP contribution in [0.5, 0.6) is 0 Å². The quantitative estimate of drug-likeness (QED) is 0.753. The van der Waals surface area contributed by atoms with Crippen LogP contribution in [-0.4, -0.2) is 17.4 Å². The lowest BCUT2D eigenvalue weighted by atomic mass is 9.90. The molecular weight excluding hydrogens is 317 g/mol. The number of anilines is 2. The van der Waals surface area contributed by atoms with Crippen LogP contribution in [0, 0.1) is 12.7 Å². The Bertz CT molecular complexity index is 970. The maximum atomic E-state index is 13.7. The second-order valence-corrected chi connectivity index (χ2v) is 6.39. The van der Waals surface area contributed by atoms with Gasteiger partial charge >= 0.3 is 0 Å². The number of aromatic nitrogens is 1. The maximum absolute atomic E-state index is 13.7. The van der Waals surface area contributed by atoms with E-state index >= 15 is 0 Å². The number of aryl methyl sites for hydroxylation is 1. The van der Waals surface area contributed by atoms with E-state index in [-0.39, 0.29) is 17.6 Å². The molecule has 1 atom stereocenters. The molecule has 1 aliphatic rings. The molecule has 2 heterocycles. The molecule has 5 heteroatoms. The van der Waals surface area contributed by atoms with Crippen molar-refractivity contribution in [1.29, 1.82) is 0 Å². The molecule has 1 unspecified atom stereocenters. The van der Waals surface area contributed by atoms with Gasteiger partial charge in [0, 0.05) is 41.3 Å². The maximum Gasteiger partial charge on any atom is 0.225 e. The van der Waals surface area contributed by atoms with Gasteiger partial charge in [-0.25, -0.2) is 4.39 Å². The number of para-hydroxylation sites is 1. The van der Waals surface area contributed by atoms with Crippen LogP contribution in [0.1, 0.15) is 23.6 Å². The van der Waals surface area contributed by atoms with Gasteiger partial charge in [0.15, 0.2) is 0 Å². The van der Waals surface area contributed by atoms with Crippen LogP contribution < -0.4 is 10.6 Å². The van der Waals surface area contributed by atoms with Gasteiger partial charge in [0.05, 0.1) is 5.52 Å². The zero-order valence-electron chi connectivity index (χ0n) is 13.8. The van der Waals surface area contributed by atoms with E-state index in [0.29, 0.717) is 13.0 Å². The molecule has 0 radical (unpaired) electrons. The number of carbonyl (C=O) groups is 1. The number of nitrogens with one attached hydrogen (secondary N) is 2. The second-order valence-electron chi connectivity index (χ2n) is 6.39. The molecule has 3 aromatic rings. The number of nitrogens with zero attached hydrogens (tertiary/aromatic N) is 1. The summed E-state index contributed by atoms with van der Waals surface area (Å²) < 4.78 is 13.7. The van der Waals surface area contributed by atoms with E-state index < -0.39 is 0 Å². The van der Waals surface area contributed by atoms with Crippen molar-refractivity contribution in [2.24, 2.45) is 0 Å². The summed E-state index contributed by atoms with van der Waals surface area (Å²) in [5.74, 6) is -0.196. The molecule has 0 saturated carbocycles. The number of benzene rings is 2. The third-order valence-corrected chi connectivity index (χ3v) is 4.54. The smallest absolute Gasteiger partial charge is 0.225 e. The number of fused-ring (bicyclic) bond motifs is 2. The fraction of sp³-hybridized carbons (Fsp3) is 0.200. The van der Waals surface area contributed by atoms with Gasteiger partial charge < -0.3 is 10.6 Å². The van der Waals surface area contributed by atoms with Crippen molar-refractivity contribution in [3.63, 3.8) is 0 Å². The van der Waals surface area contributed by atoms with Crippen LogP contribution in [0.15, 0.2) is 48.5 Å². The molecule has 0 fully saturated rings. The Balaban J connectivity index is 1.65. The van der Waals surface area contributed by atoms with E-state index in [4.69, 9.17) is 0 Å². The van der Waals surface area contributed by atoms with Crippen molar-refractivity contribution in [1.82, 2.24) is 4.98 Å². The Kier molecular flexibility index (Phi) is 3.84. The van der Waals surface area contributed by atoms with Gasteiger partial charge in [-0.15, -0.1) is 0 Å². The van der Waals surface area contributed by atoms with E-state index in [9.17, 15) is 9.18 Å². The van der Waals surface area contributed by atoms with Crippen LogP contribution in [0.25, 0.3) is 10.9 Å². The third-order valence-electron chi connectivity index (χ3n) is 4.54. The van der Waals surface area contributed by atoms with Crippen LogP contribution >= 0.6 is 0 Å². The van der Waals surface area contributed by atoms with Gasteiger partial charge in [0.1, 0.15) is 5.82 Å². The zero-order valence-corrected chi connectivity index (χ0v) is 13.8. The summed E-state index contributed by atoms with van der Waals surface area (Å²) in [4.78, 5) is 16.4. The molecule has 0 aliphatic carbocycles. The minimum absolute atomic E-state index is 0.0207. The lowest BCUT2D eigenvalue weighted by molar-refractivity contribution is -0.116. The number of amides is 1. The number of halogens is 1. The van der Waals surface area contributed by atoms with E-state index in [0.717, 1.165) is 33.5 Å². The molecule has 0 spiro atoms. The Morgan fingerprint density at radius 2 is 2.08 bits per heavy atom. The zero-order chi connectivity index (χ0) is 17.4. The summed E-state index contributed by atoms with van der Waals surface area (Å²) in [5.41, 5.74) is 4.45. The molecule has 4 nitrogen and oxygen atoms in total. The van der Waals surface area contributed by atoms with Crippen LogP contribution in [-0.2, 0) is 4.79 Å². The Morgan fingerprint density at radius 1 is 1.24 bits per heavy atom. The van der Waals surface area contributed by atoms with Gasteiger partial charge in [0.2, 0.25) is 5.91 Å². The average Bonchev–Trinajstić information content (AvgIpc) is 2.59. The predicted octanol–water partition coefficient (Wildman–Crippen LogP) is 4.22. The van der Waals surface area contributed by atoms with Crippen LogP contribution in [0.2, 0.25) is 0 Å². The van der Waals surface area contributed by atoms with Crippen LogP contribution in [0.4, 0.5) is 15.8 Å². The largest absolute Gasteiger partial charge is 0.384 e. The minimum Gasteiger partial charge on any atom is -0.384 e. The summed E-state index contributed by atoms with van der Waals surface area (Å²) in [7, 11) is 0. The van der Waals surface area contributed by atoms with Crippen molar-refractivity contribution >= 4 is 28.2 Å². The first-order chi connectivity index (χ1) is 12.1. The van der Waals surface area contributed by atoms with E-state index in [1.54, 1.807) is 6.07 Å². The molecule has 1 aromatic heterocycles. The highest BCUT2D eigenvalue weighted by atomic mass is 19.1. The molecule has 2 aromatic carbocycles. The van der Waals surface area contributed by atoms with Crippen LogP contribution in [0.3, 0.4) is 0 Å². The third kappa shape index (κ3) is 3.05. The highest BCUT2D eigenvalue weighted by Crippen LogP contribution is 2.33. The Hall–Kier alpha value is -2.95. The number of pyridine rings is 1. The van der Waals surface area contributed by atoms with Gasteiger partial charge in [-0.05, 0) is 42.8 Å². The highest BCUT2D eigenvalue weighted by molar-refractivity contribution is 5.95. The molecule has 126 valence electrons. The summed E-state index contributed by atoms with van der Waals surface area (Å²) in [6.45, 7) is 2.51. The summed E-state index contributed by atoms with van der Waals surface area (Å²) in [5, 5.41) is 7.06. The predicted molar refractivity (Wildman–Crippen MR) is 97.4 cm³/mol. The first kappa shape index (κ1) is 15.6. The molecule has 2 N–H and O–H groups in total. The first-order valence-electron chi connectivity index (χ1n) is 8.30. The summed E-state index contributed by atoms with van der Waals surface area (Å²) in [6.07, 6.45) is 0.431. The van der Waals surface area contributed by atoms with Crippen molar-refractivity contribution in [3.8, 4) is 0 Å². The van der Waals surface area contributed by atoms with E-state index in [1.165, 1.54) is 12.1 Å². The monoisotopic (exact) mass is 335 g/mol. The topological polar surface area (TPSA) is 54.0 Å². The molecule has 4 rings (SSSR count). The van der Waals surface area contributed by atoms with Gasteiger partial charge in [-0.1, -0.05) is 18.2 Å². The van der Waals surface area contributed by atoms with Gasteiger partial charge in [0.25, 0.3) is 0 Å². The molecule has 25 heavy (non-hydrogen) atoms. The van der Waals surface area contributed by atoms with Crippen molar-refractivity contribution in [3.05, 3.63) is 65.6 Å². The first-order valence-corrected chi connectivity index (χ1v) is 8.30. The summed E-state index contributed by atoms with van der Waals surface area (Å²) in [6, 6.07) is 14.4. The lowest BCUT2D eigenvalue weighted by Crippen LogP contribution is -2.26. The lowest BCUT2D eigenvalue weighted by Gasteiger charge is -2.26. The van der Waals surface area contributed by atoms with E-state index in [2.05, 4.69) is 15.6 Å². The average molecular weight is 335 g/mol.